The van der Waals surface area contributed by atoms with Crippen molar-refractivity contribution in [2.45, 2.75) is 74.7 Å². The number of aliphatic hydroxyl groups excluding tert-OH is 1. The van der Waals surface area contributed by atoms with Crippen molar-refractivity contribution in [1.82, 2.24) is 10.2 Å². The van der Waals surface area contributed by atoms with Crippen LogP contribution in [-0.4, -0.2) is 95.2 Å². The van der Waals surface area contributed by atoms with E-state index in [1.165, 1.54) is 4.90 Å². The number of carbonyl (C=O) groups is 4. The first-order valence-corrected chi connectivity index (χ1v) is 18.6. The van der Waals surface area contributed by atoms with Gasteiger partial charge in [-0.05, 0) is 63.4 Å². The van der Waals surface area contributed by atoms with E-state index in [9.17, 15) is 24.3 Å². The Morgan fingerprint density at radius 1 is 1.10 bits per heavy atom. The van der Waals surface area contributed by atoms with Crippen LogP contribution in [0.2, 0.25) is 0 Å². The predicted molar refractivity (Wildman–Crippen MR) is 199 cm³/mol. The third-order valence-electron chi connectivity index (χ3n) is 10.4. The molecule has 8 atom stereocenters. The van der Waals surface area contributed by atoms with Crippen molar-refractivity contribution in [3.63, 3.8) is 0 Å². The normalized spacial score (nSPS) is 25.9. The molecule has 0 aromatic heterocycles. The molecule has 2 N–H and O–H groups in total. The lowest BCUT2D eigenvalue weighted by molar-refractivity contribution is -0.146. The molecular formula is C39H49BrN4O7. The van der Waals surface area contributed by atoms with Gasteiger partial charge in [0, 0.05) is 42.3 Å². The van der Waals surface area contributed by atoms with Gasteiger partial charge in [0.25, 0.3) is 5.91 Å². The SMILES string of the molecule is C=CCCC(=O)OC[C@@H](NC(=O)[C@@H]1[C@H]2O[C@@]3(CC2Br)[C@H](C(=O)N(CC=C)c2ccc(N(CC)CC)cc2)N([C@H](C)CO)C(=O)[C@@H]13)c1ccccc1. The van der Waals surface area contributed by atoms with Crippen LogP contribution in [0.1, 0.15) is 51.6 Å². The number of anilines is 2. The Bertz CT molecular complexity index is 1590. The number of aliphatic hydroxyl groups is 1. The molecular weight excluding hydrogens is 716 g/mol. The average Bonchev–Trinajstić information content (AvgIpc) is 3.75. The molecule has 3 amide bonds. The third-order valence-corrected chi connectivity index (χ3v) is 11.2. The Kier molecular flexibility index (Phi) is 12.4. The van der Waals surface area contributed by atoms with Crippen molar-refractivity contribution in [3.8, 4) is 0 Å². The molecule has 3 fully saturated rings. The molecule has 0 radical (unpaired) electrons. The minimum atomic E-state index is -1.33. The number of amides is 3. The lowest BCUT2D eigenvalue weighted by Crippen LogP contribution is -2.59. The quantitative estimate of drug-likeness (QED) is 0.137. The summed E-state index contributed by atoms with van der Waals surface area (Å²) in [6, 6.07) is 14.3. The number of halogens is 1. The summed E-state index contributed by atoms with van der Waals surface area (Å²) in [7, 11) is 0. The first-order chi connectivity index (χ1) is 24.6. The van der Waals surface area contributed by atoms with Gasteiger partial charge in [-0.15, -0.1) is 13.2 Å². The molecule has 3 aliphatic heterocycles. The summed E-state index contributed by atoms with van der Waals surface area (Å²) in [4.78, 5) is 61.1. The zero-order chi connectivity index (χ0) is 36.9. The van der Waals surface area contributed by atoms with Gasteiger partial charge in [0.05, 0.1) is 36.6 Å². The zero-order valence-corrected chi connectivity index (χ0v) is 31.2. The Morgan fingerprint density at radius 2 is 1.76 bits per heavy atom. The molecule has 3 saturated heterocycles. The highest BCUT2D eigenvalue weighted by molar-refractivity contribution is 9.09. The highest BCUT2D eigenvalue weighted by Gasteiger charge is 2.77. The minimum absolute atomic E-state index is 0.107. The molecule has 0 aliphatic carbocycles. The number of allylic oxidation sites excluding steroid dienone is 1. The van der Waals surface area contributed by atoms with E-state index in [1.807, 2.05) is 54.6 Å². The van der Waals surface area contributed by atoms with Crippen molar-refractivity contribution in [2.24, 2.45) is 11.8 Å². The number of esters is 1. The van der Waals surface area contributed by atoms with E-state index in [4.69, 9.17) is 9.47 Å². The van der Waals surface area contributed by atoms with Crippen molar-refractivity contribution in [2.75, 3.05) is 42.6 Å². The van der Waals surface area contributed by atoms with E-state index in [2.05, 4.69) is 53.2 Å². The van der Waals surface area contributed by atoms with Gasteiger partial charge < -0.3 is 34.6 Å². The number of fused-ring (bicyclic) bond motifs is 1. The number of carbonyl (C=O) groups excluding carboxylic acids is 4. The van der Waals surface area contributed by atoms with Crippen LogP contribution in [0.3, 0.4) is 0 Å². The number of alkyl halides is 1. The number of hydrogen-bond acceptors (Lipinski definition) is 8. The summed E-state index contributed by atoms with van der Waals surface area (Å²) in [6.45, 7) is 14.7. The number of rotatable bonds is 17. The summed E-state index contributed by atoms with van der Waals surface area (Å²) >= 11 is 3.73. The first-order valence-electron chi connectivity index (χ1n) is 17.7. The highest BCUT2D eigenvalue weighted by atomic mass is 79.9. The molecule has 12 heteroatoms. The number of benzene rings is 2. The van der Waals surface area contributed by atoms with Gasteiger partial charge in [0.1, 0.15) is 18.2 Å². The maximum Gasteiger partial charge on any atom is 0.306 e. The molecule has 51 heavy (non-hydrogen) atoms. The number of nitrogens with one attached hydrogen (secondary N) is 1. The lowest BCUT2D eigenvalue weighted by atomic mass is 9.70. The van der Waals surface area contributed by atoms with E-state index in [0.717, 1.165) is 24.3 Å². The zero-order valence-electron chi connectivity index (χ0n) is 29.6. The van der Waals surface area contributed by atoms with Crippen LogP contribution in [0.25, 0.3) is 0 Å². The largest absolute Gasteiger partial charge is 0.463 e. The fourth-order valence-corrected chi connectivity index (χ4v) is 8.83. The van der Waals surface area contributed by atoms with Crippen LogP contribution >= 0.6 is 15.9 Å². The Labute approximate surface area is 308 Å². The van der Waals surface area contributed by atoms with Crippen molar-refractivity contribution < 1.29 is 33.8 Å². The molecule has 2 bridgehead atoms. The van der Waals surface area contributed by atoms with Gasteiger partial charge in [-0.1, -0.05) is 58.4 Å². The summed E-state index contributed by atoms with van der Waals surface area (Å²) in [6.07, 6.45) is 3.51. The second-order valence-corrected chi connectivity index (χ2v) is 14.5. The lowest BCUT2D eigenvalue weighted by Gasteiger charge is -2.38. The molecule has 274 valence electrons. The maximum atomic E-state index is 14.9. The summed E-state index contributed by atoms with van der Waals surface area (Å²) < 4.78 is 12.2. The molecule has 11 nitrogen and oxygen atoms in total. The minimum Gasteiger partial charge on any atom is -0.463 e. The standard InChI is InChI=1S/C39H49BrN4O7/c1-6-10-16-31(46)50-24-30(26-14-12-11-13-15-26)41-36(47)32-33-37(48)44(25(5)23-45)35(39(33)22-29(40)34(32)51-39)38(49)43(21-7-2)28-19-17-27(18-20-28)42(8-3)9-4/h6-7,11-15,17-20,25,29-30,32-35,45H,1-2,8-10,16,21-24H2,3-5H3,(H,41,47)/t25-,29?,30-,32+,33-,34+,35+,39-/m1/s1. The Balaban J connectivity index is 1.48. The summed E-state index contributed by atoms with van der Waals surface area (Å²) in [5.74, 6) is -3.59. The van der Waals surface area contributed by atoms with Gasteiger partial charge in [-0.2, -0.15) is 0 Å². The molecule has 1 spiro atoms. The smallest absolute Gasteiger partial charge is 0.306 e. The van der Waals surface area contributed by atoms with Crippen LogP contribution in [0, 0.1) is 11.8 Å². The number of hydrogen-bond donors (Lipinski definition) is 2. The average molecular weight is 766 g/mol. The Morgan fingerprint density at radius 3 is 2.37 bits per heavy atom. The monoisotopic (exact) mass is 764 g/mol. The highest BCUT2D eigenvalue weighted by Crippen LogP contribution is 2.60. The fraction of sp³-hybridized carbons (Fsp3) is 0.487. The number of likely N-dealkylation sites (tertiary alicyclic amines) is 1. The van der Waals surface area contributed by atoms with Crippen LogP contribution in [0.5, 0.6) is 0 Å². The molecule has 3 aliphatic rings. The molecule has 2 aromatic rings. The van der Waals surface area contributed by atoms with Gasteiger partial charge in [-0.25, -0.2) is 0 Å². The first kappa shape index (κ1) is 38.2. The van der Waals surface area contributed by atoms with Crippen LogP contribution in [0.15, 0.2) is 79.9 Å². The molecule has 1 unspecified atom stereocenters. The number of ether oxygens (including phenoxy) is 2. The van der Waals surface area contributed by atoms with Crippen LogP contribution in [-0.2, 0) is 28.7 Å². The van der Waals surface area contributed by atoms with Crippen LogP contribution < -0.4 is 15.1 Å². The molecule has 2 aromatic carbocycles. The number of nitrogens with zero attached hydrogens (tertiary/aromatic N) is 3. The second kappa shape index (κ2) is 16.6. The van der Waals surface area contributed by atoms with E-state index < -0.39 is 59.5 Å². The van der Waals surface area contributed by atoms with E-state index in [1.54, 1.807) is 24.0 Å². The second-order valence-electron chi connectivity index (χ2n) is 13.3. The van der Waals surface area contributed by atoms with Crippen molar-refractivity contribution in [1.29, 1.82) is 0 Å². The van der Waals surface area contributed by atoms with Gasteiger partial charge in [0.15, 0.2) is 0 Å². The Hall–Kier alpha value is -4.00. The summed E-state index contributed by atoms with van der Waals surface area (Å²) in [5.41, 5.74) is 1.04. The van der Waals surface area contributed by atoms with E-state index in [-0.39, 0.29) is 36.9 Å². The molecule has 5 rings (SSSR count). The molecule has 0 saturated carbocycles. The molecule has 3 heterocycles. The van der Waals surface area contributed by atoms with Crippen LogP contribution in [0.4, 0.5) is 11.4 Å². The third kappa shape index (κ3) is 7.36. The topological polar surface area (TPSA) is 129 Å². The summed E-state index contributed by atoms with van der Waals surface area (Å²) in [5, 5.41) is 13.4. The van der Waals surface area contributed by atoms with Gasteiger partial charge >= 0.3 is 5.97 Å². The van der Waals surface area contributed by atoms with Crippen molar-refractivity contribution >= 4 is 51.0 Å². The van der Waals surface area contributed by atoms with E-state index in [0.29, 0.717) is 18.5 Å². The predicted octanol–water partition coefficient (Wildman–Crippen LogP) is 4.55. The van der Waals surface area contributed by atoms with Crippen molar-refractivity contribution in [3.05, 3.63) is 85.5 Å². The van der Waals surface area contributed by atoms with Gasteiger partial charge in [-0.3, -0.25) is 19.2 Å². The maximum absolute atomic E-state index is 14.9. The van der Waals surface area contributed by atoms with Gasteiger partial charge in [0.2, 0.25) is 11.8 Å². The fourth-order valence-electron chi connectivity index (χ4n) is 7.88. The van der Waals surface area contributed by atoms with E-state index >= 15 is 0 Å².